The van der Waals surface area contributed by atoms with Gasteiger partial charge in [0.05, 0.1) is 0 Å². The molecule has 0 saturated carbocycles. The van der Waals surface area contributed by atoms with E-state index < -0.39 is 0 Å². The zero-order chi connectivity index (χ0) is 14.5. The fourth-order valence-corrected chi connectivity index (χ4v) is 2.47. The van der Waals surface area contributed by atoms with Crippen LogP contribution in [0.2, 0.25) is 5.02 Å². The van der Waals surface area contributed by atoms with Gasteiger partial charge in [-0.3, -0.25) is 0 Å². The lowest BCUT2D eigenvalue weighted by Crippen LogP contribution is -2.18. The fourth-order valence-electron chi connectivity index (χ4n) is 2.00. The predicted octanol–water partition coefficient (Wildman–Crippen LogP) is 5.57. The minimum absolute atomic E-state index is 0.232. The SMILES string of the molecule is CCNC(C)c1ccc(Br)cc1Oc1ccc(Cl)cc1. The lowest BCUT2D eigenvalue weighted by molar-refractivity contribution is 0.462. The van der Waals surface area contributed by atoms with Crippen LogP contribution < -0.4 is 10.1 Å². The second-order valence-electron chi connectivity index (χ2n) is 4.52. The van der Waals surface area contributed by atoms with E-state index >= 15 is 0 Å². The average Bonchev–Trinajstić information content (AvgIpc) is 2.42. The third-order valence-corrected chi connectivity index (χ3v) is 3.74. The zero-order valence-electron chi connectivity index (χ0n) is 11.5. The van der Waals surface area contributed by atoms with E-state index in [4.69, 9.17) is 16.3 Å². The van der Waals surface area contributed by atoms with E-state index in [2.05, 4.69) is 41.2 Å². The molecule has 0 saturated heterocycles. The molecule has 0 aliphatic rings. The summed E-state index contributed by atoms with van der Waals surface area (Å²) < 4.78 is 6.98. The molecule has 2 rings (SSSR count). The first kappa shape index (κ1) is 15.4. The van der Waals surface area contributed by atoms with Crippen LogP contribution in [0.3, 0.4) is 0 Å². The molecule has 4 heteroatoms. The van der Waals surface area contributed by atoms with E-state index in [1.807, 2.05) is 36.4 Å². The first-order valence-corrected chi connectivity index (χ1v) is 7.73. The van der Waals surface area contributed by atoms with Crippen LogP contribution in [-0.4, -0.2) is 6.54 Å². The Labute approximate surface area is 133 Å². The first-order valence-electron chi connectivity index (χ1n) is 6.56. The van der Waals surface area contributed by atoms with Gasteiger partial charge in [-0.05, 0) is 49.9 Å². The van der Waals surface area contributed by atoms with Crippen LogP contribution >= 0.6 is 27.5 Å². The fraction of sp³-hybridized carbons (Fsp3) is 0.250. The molecule has 2 nitrogen and oxygen atoms in total. The Balaban J connectivity index is 2.29. The topological polar surface area (TPSA) is 21.3 Å². The molecule has 2 aromatic rings. The van der Waals surface area contributed by atoms with E-state index in [1.54, 1.807) is 0 Å². The molecule has 0 bridgehead atoms. The molecule has 1 atom stereocenters. The van der Waals surface area contributed by atoms with Gasteiger partial charge < -0.3 is 10.1 Å². The lowest BCUT2D eigenvalue weighted by Gasteiger charge is -2.18. The molecule has 0 spiro atoms. The van der Waals surface area contributed by atoms with Crippen LogP contribution in [0, 0.1) is 0 Å². The third-order valence-electron chi connectivity index (χ3n) is 2.99. The minimum Gasteiger partial charge on any atom is -0.457 e. The van der Waals surface area contributed by atoms with Crippen LogP contribution in [-0.2, 0) is 0 Å². The predicted molar refractivity (Wildman–Crippen MR) is 87.8 cm³/mol. The van der Waals surface area contributed by atoms with Crippen molar-refractivity contribution in [2.24, 2.45) is 0 Å². The number of halogens is 2. The van der Waals surface area contributed by atoms with Crippen LogP contribution in [0.25, 0.3) is 0 Å². The maximum absolute atomic E-state index is 5.98. The van der Waals surface area contributed by atoms with Gasteiger partial charge in [-0.2, -0.15) is 0 Å². The maximum Gasteiger partial charge on any atom is 0.133 e. The summed E-state index contributed by atoms with van der Waals surface area (Å²) in [7, 11) is 0. The molecule has 0 radical (unpaired) electrons. The molecule has 0 fully saturated rings. The molecule has 0 aliphatic carbocycles. The Morgan fingerprint density at radius 2 is 1.90 bits per heavy atom. The van der Waals surface area contributed by atoms with E-state index in [-0.39, 0.29) is 6.04 Å². The van der Waals surface area contributed by atoms with Gasteiger partial charge in [0.25, 0.3) is 0 Å². The summed E-state index contributed by atoms with van der Waals surface area (Å²) in [5, 5.41) is 4.10. The summed E-state index contributed by atoms with van der Waals surface area (Å²) >= 11 is 9.38. The third kappa shape index (κ3) is 3.98. The molecule has 20 heavy (non-hydrogen) atoms. The van der Waals surface area contributed by atoms with Gasteiger partial charge in [-0.25, -0.2) is 0 Å². The van der Waals surface area contributed by atoms with Crippen LogP contribution in [0.1, 0.15) is 25.5 Å². The number of nitrogens with one attached hydrogen (secondary N) is 1. The Hall–Kier alpha value is -1.03. The summed E-state index contributed by atoms with van der Waals surface area (Å²) in [5.74, 6) is 1.62. The van der Waals surface area contributed by atoms with Gasteiger partial charge in [-0.1, -0.05) is 40.5 Å². The van der Waals surface area contributed by atoms with E-state index in [1.165, 1.54) is 0 Å². The number of ether oxygens (including phenoxy) is 1. The largest absolute Gasteiger partial charge is 0.457 e. The molecule has 0 aromatic heterocycles. The number of hydrogen-bond donors (Lipinski definition) is 1. The standard InChI is InChI=1S/C16H17BrClNO/c1-3-19-11(2)15-9-4-12(17)10-16(15)20-14-7-5-13(18)6-8-14/h4-11,19H,3H2,1-2H3. The van der Waals surface area contributed by atoms with E-state index in [0.29, 0.717) is 5.02 Å². The van der Waals surface area contributed by atoms with Gasteiger partial charge >= 0.3 is 0 Å². The summed E-state index contributed by atoms with van der Waals surface area (Å²) in [6.45, 7) is 5.13. The Kier molecular flexibility index (Phi) is 5.46. The van der Waals surface area contributed by atoms with Crippen molar-refractivity contribution in [3.8, 4) is 11.5 Å². The Bertz CT molecular complexity index is 571. The highest BCUT2D eigenvalue weighted by Crippen LogP contribution is 2.32. The van der Waals surface area contributed by atoms with Crippen molar-refractivity contribution in [2.75, 3.05) is 6.54 Å². The minimum atomic E-state index is 0.232. The highest BCUT2D eigenvalue weighted by atomic mass is 79.9. The number of hydrogen-bond acceptors (Lipinski definition) is 2. The Morgan fingerprint density at radius 1 is 1.20 bits per heavy atom. The van der Waals surface area contributed by atoms with Gasteiger partial charge in [0.15, 0.2) is 0 Å². The average molecular weight is 355 g/mol. The summed E-state index contributed by atoms with van der Waals surface area (Å²) in [4.78, 5) is 0. The van der Waals surface area contributed by atoms with Gasteiger partial charge in [0, 0.05) is 21.1 Å². The molecule has 106 valence electrons. The second kappa shape index (κ2) is 7.11. The summed E-state index contributed by atoms with van der Waals surface area (Å²) in [6.07, 6.45) is 0. The highest BCUT2D eigenvalue weighted by Gasteiger charge is 2.12. The monoisotopic (exact) mass is 353 g/mol. The number of benzene rings is 2. The highest BCUT2D eigenvalue weighted by molar-refractivity contribution is 9.10. The van der Waals surface area contributed by atoms with Crippen molar-refractivity contribution >= 4 is 27.5 Å². The van der Waals surface area contributed by atoms with Gasteiger partial charge in [0.1, 0.15) is 11.5 Å². The number of rotatable bonds is 5. The zero-order valence-corrected chi connectivity index (χ0v) is 13.8. The summed E-state index contributed by atoms with van der Waals surface area (Å²) in [5.41, 5.74) is 1.13. The van der Waals surface area contributed by atoms with Gasteiger partial charge in [0.2, 0.25) is 0 Å². The van der Waals surface area contributed by atoms with Crippen molar-refractivity contribution in [3.05, 3.63) is 57.5 Å². The molecule has 0 heterocycles. The smallest absolute Gasteiger partial charge is 0.133 e. The normalized spacial score (nSPS) is 12.2. The molecular formula is C16H17BrClNO. The van der Waals surface area contributed by atoms with Crippen LogP contribution in [0.5, 0.6) is 11.5 Å². The molecule has 0 aliphatic heterocycles. The van der Waals surface area contributed by atoms with Crippen molar-refractivity contribution in [1.29, 1.82) is 0 Å². The van der Waals surface area contributed by atoms with Crippen LogP contribution in [0.15, 0.2) is 46.9 Å². The van der Waals surface area contributed by atoms with E-state index in [0.717, 1.165) is 28.1 Å². The van der Waals surface area contributed by atoms with Gasteiger partial charge in [-0.15, -0.1) is 0 Å². The molecule has 1 N–H and O–H groups in total. The quantitative estimate of drug-likeness (QED) is 0.758. The summed E-state index contributed by atoms with van der Waals surface area (Å²) in [6, 6.07) is 13.7. The van der Waals surface area contributed by atoms with Crippen molar-refractivity contribution in [3.63, 3.8) is 0 Å². The molecule has 1 unspecified atom stereocenters. The molecule has 0 amide bonds. The molecular weight excluding hydrogens is 338 g/mol. The van der Waals surface area contributed by atoms with Crippen molar-refractivity contribution in [2.45, 2.75) is 19.9 Å². The Morgan fingerprint density at radius 3 is 2.55 bits per heavy atom. The lowest BCUT2D eigenvalue weighted by atomic mass is 10.1. The van der Waals surface area contributed by atoms with Crippen LogP contribution in [0.4, 0.5) is 0 Å². The van der Waals surface area contributed by atoms with Crippen molar-refractivity contribution in [1.82, 2.24) is 5.32 Å². The molecule has 2 aromatic carbocycles. The van der Waals surface area contributed by atoms with E-state index in [9.17, 15) is 0 Å². The van der Waals surface area contributed by atoms with Crippen molar-refractivity contribution < 1.29 is 4.74 Å². The maximum atomic E-state index is 5.98. The second-order valence-corrected chi connectivity index (χ2v) is 5.87. The first-order chi connectivity index (χ1) is 9.60.